The average Bonchev–Trinajstić information content (AvgIpc) is 2.48. The molecule has 0 aromatic heterocycles. The number of rotatable bonds is 8. The largest absolute Gasteiger partial charge is 0.396 e. The van der Waals surface area contributed by atoms with Gasteiger partial charge in [-0.1, -0.05) is 12.1 Å². The van der Waals surface area contributed by atoms with E-state index in [9.17, 15) is 14.0 Å². The van der Waals surface area contributed by atoms with E-state index < -0.39 is 11.8 Å². The predicted molar refractivity (Wildman–Crippen MR) is 77.1 cm³/mol. The number of aliphatic hydroxyl groups is 1. The zero-order valence-corrected chi connectivity index (χ0v) is 11.9. The third kappa shape index (κ3) is 7.41. The normalized spacial score (nSPS) is 10.2. The Balaban J connectivity index is 2.14. The fourth-order valence-corrected chi connectivity index (χ4v) is 1.75. The molecular weight excluding hydrogens is 275 g/mol. The van der Waals surface area contributed by atoms with Crippen molar-refractivity contribution in [2.45, 2.75) is 25.7 Å². The van der Waals surface area contributed by atoms with Crippen LogP contribution in [0.1, 0.15) is 24.8 Å². The van der Waals surface area contributed by atoms with Crippen LogP contribution in [0.4, 0.5) is 4.39 Å². The second kappa shape index (κ2) is 9.88. The molecule has 0 spiro atoms. The molecule has 2 amide bonds. The average molecular weight is 296 g/mol. The molecule has 0 saturated carbocycles. The molecule has 0 aliphatic carbocycles. The van der Waals surface area contributed by atoms with E-state index in [0.29, 0.717) is 25.9 Å². The van der Waals surface area contributed by atoms with Crippen LogP contribution in [0.3, 0.4) is 0 Å². The lowest BCUT2D eigenvalue weighted by atomic mass is 10.1. The predicted octanol–water partition coefficient (Wildman–Crippen LogP) is 0.763. The van der Waals surface area contributed by atoms with Crippen LogP contribution in [-0.4, -0.2) is 36.6 Å². The van der Waals surface area contributed by atoms with E-state index in [4.69, 9.17) is 5.11 Å². The maximum Gasteiger partial charge on any atom is 0.309 e. The van der Waals surface area contributed by atoms with Gasteiger partial charge in [0.2, 0.25) is 0 Å². The number of carbonyl (C=O) groups excluding carboxylic acids is 2. The number of benzene rings is 1. The van der Waals surface area contributed by atoms with E-state index in [0.717, 1.165) is 18.4 Å². The van der Waals surface area contributed by atoms with Crippen LogP contribution < -0.4 is 10.6 Å². The molecule has 1 rings (SSSR count). The van der Waals surface area contributed by atoms with E-state index in [2.05, 4.69) is 10.6 Å². The number of nitrogens with one attached hydrogen (secondary N) is 2. The first-order chi connectivity index (χ1) is 10.1. The molecule has 0 bridgehead atoms. The molecule has 1 aromatic rings. The number of unbranched alkanes of at least 4 members (excludes halogenated alkanes) is 2. The molecule has 3 N–H and O–H groups in total. The molecule has 5 nitrogen and oxygen atoms in total. The van der Waals surface area contributed by atoms with Gasteiger partial charge in [0.25, 0.3) is 0 Å². The van der Waals surface area contributed by atoms with E-state index in [1.807, 2.05) is 0 Å². The first kappa shape index (κ1) is 17.1. The minimum atomic E-state index is -0.667. The molecule has 21 heavy (non-hydrogen) atoms. The van der Waals surface area contributed by atoms with Crippen LogP contribution in [0.2, 0.25) is 0 Å². The van der Waals surface area contributed by atoms with Crippen molar-refractivity contribution in [2.24, 2.45) is 0 Å². The number of halogens is 1. The van der Waals surface area contributed by atoms with Crippen LogP contribution >= 0.6 is 0 Å². The van der Waals surface area contributed by atoms with Gasteiger partial charge in [-0.3, -0.25) is 9.59 Å². The molecular formula is C15H21FN2O3. The van der Waals surface area contributed by atoms with Gasteiger partial charge in [0.1, 0.15) is 5.82 Å². The molecule has 0 aliphatic heterocycles. The van der Waals surface area contributed by atoms with E-state index in [-0.39, 0.29) is 12.4 Å². The van der Waals surface area contributed by atoms with Crippen molar-refractivity contribution in [3.05, 3.63) is 35.6 Å². The highest BCUT2D eigenvalue weighted by molar-refractivity contribution is 6.35. The van der Waals surface area contributed by atoms with Gasteiger partial charge in [-0.2, -0.15) is 0 Å². The number of aliphatic hydroxyl groups excluding tert-OH is 1. The van der Waals surface area contributed by atoms with Crippen molar-refractivity contribution in [1.29, 1.82) is 0 Å². The Hall–Kier alpha value is -1.95. The Morgan fingerprint density at radius 2 is 1.57 bits per heavy atom. The van der Waals surface area contributed by atoms with Gasteiger partial charge < -0.3 is 15.7 Å². The Bertz CT molecular complexity index is 449. The van der Waals surface area contributed by atoms with Crippen molar-refractivity contribution >= 4 is 11.8 Å². The lowest BCUT2D eigenvalue weighted by Crippen LogP contribution is -2.41. The molecule has 1 aromatic carbocycles. The Morgan fingerprint density at radius 3 is 2.19 bits per heavy atom. The zero-order valence-electron chi connectivity index (χ0n) is 11.9. The Morgan fingerprint density at radius 1 is 0.952 bits per heavy atom. The highest BCUT2D eigenvalue weighted by Gasteiger charge is 2.11. The fourth-order valence-electron chi connectivity index (χ4n) is 1.75. The lowest BCUT2D eigenvalue weighted by Gasteiger charge is -2.06. The molecule has 0 fully saturated rings. The lowest BCUT2D eigenvalue weighted by molar-refractivity contribution is -0.139. The minimum absolute atomic E-state index is 0.137. The minimum Gasteiger partial charge on any atom is -0.396 e. The van der Waals surface area contributed by atoms with E-state index in [1.165, 1.54) is 12.1 Å². The summed E-state index contributed by atoms with van der Waals surface area (Å²) in [6.07, 6.45) is 2.77. The van der Waals surface area contributed by atoms with Gasteiger partial charge in [0.15, 0.2) is 0 Å². The summed E-state index contributed by atoms with van der Waals surface area (Å²) in [5.74, 6) is -1.62. The molecule has 0 aliphatic rings. The Labute approximate surface area is 123 Å². The molecule has 116 valence electrons. The third-order valence-electron chi connectivity index (χ3n) is 2.94. The molecule has 0 atom stereocenters. The second-order valence-electron chi connectivity index (χ2n) is 4.67. The zero-order chi connectivity index (χ0) is 15.5. The topological polar surface area (TPSA) is 78.4 Å². The van der Waals surface area contributed by atoms with Crippen LogP contribution in [0.15, 0.2) is 24.3 Å². The van der Waals surface area contributed by atoms with Gasteiger partial charge >= 0.3 is 11.8 Å². The van der Waals surface area contributed by atoms with Crippen LogP contribution in [0.5, 0.6) is 0 Å². The van der Waals surface area contributed by atoms with Gasteiger partial charge in [-0.05, 0) is 43.4 Å². The van der Waals surface area contributed by atoms with Crippen molar-refractivity contribution in [3.63, 3.8) is 0 Å². The summed E-state index contributed by atoms with van der Waals surface area (Å²) in [4.78, 5) is 22.9. The monoisotopic (exact) mass is 296 g/mol. The van der Waals surface area contributed by atoms with Gasteiger partial charge in [0, 0.05) is 19.7 Å². The van der Waals surface area contributed by atoms with E-state index in [1.54, 1.807) is 12.1 Å². The van der Waals surface area contributed by atoms with Crippen molar-refractivity contribution in [3.8, 4) is 0 Å². The quantitative estimate of drug-likeness (QED) is 0.489. The van der Waals surface area contributed by atoms with Crippen LogP contribution in [0, 0.1) is 5.82 Å². The maximum atomic E-state index is 12.7. The van der Waals surface area contributed by atoms with Crippen molar-refractivity contribution in [1.82, 2.24) is 10.6 Å². The van der Waals surface area contributed by atoms with Gasteiger partial charge in [-0.15, -0.1) is 0 Å². The molecule has 0 unspecified atom stereocenters. The van der Waals surface area contributed by atoms with Gasteiger partial charge in [-0.25, -0.2) is 4.39 Å². The number of hydrogen-bond acceptors (Lipinski definition) is 3. The standard InChI is InChI=1S/C15H21FN2O3/c16-13-6-4-12(5-7-13)8-10-18-15(21)14(20)17-9-2-1-3-11-19/h4-7,19H,1-3,8-11H2,(H,17,20)(H,18,21). The molecule has 0 heterocycles. The SMILES string of the molecule is O=C(NCCCCCO)C(=O)NCCc1ccc(F)cc1. The van der Waals surface area contributed by atoms with Crippen molar-refractivity contribution in [2.75, 3.05) is 19.7 Å². The molecule has 6 heteroatoms. The third-order valence-corrected chi connectivity index (χ3v) is 2.94. The smallest absolute Gasteiger partial charge is 0.309 e. The number of hydrogen-bond donors (Lipinski definition) is 3. The summed E-state index contributed by atoms with van der Waals surface area (Å²) in [5, 5.41) is 13.6. The highest BCUT2D eigenvalue weighted by Crippen LogP contribution is 2.02. The highest BCUT2D eigenvalue weighted by atomic mass is 19.1. The second-order valence-corrected chi connectivity index (χ2v) is 4.67. The first-order valence-electron chi connectivity index (χ1n) is 7.05. The summed E-state index contributed by atoms with van der Waals surface area (Å²) in [6, 6.07) is 6.00. The maximum absolute atomic E-state index is 12.7. The summed E-state index contributed by atoms with van der Waals surface area (Å²) < 4.78 is 12.7. The Kier molecular flexibility index (Phi) is 8.04. The number of carbonyl (C=O) groups is 2. The molecule has 0 radical (unpaired) electrons. The van der Waals surface area contributed by atoms with Crippen LogP contribution in [0.25, 0.3) is 0 Å². The molecule has 0 saturated heterocycles. The number of amides is 2. The summed E-state index contributed by atoms with van der Waals surface area (Å²) in [7, 11) is 0. The fraction of sp³-hybridized carbons (Fsp3) is 0.467. The van der Waals surface area contributed by atoms with Crippen molar-refractivity contribution < 1.29 is 19.1 Å². The van der Waals surface area contributed by atoms with E-state index >= 15 is 0 Å². The summed E-state index contributed by atoms with van der Waals surface area (Å²) >= 11 is 0. The summed E-state index contributed by atoms with van der Waals surface area (Å²) in [6.45, 7) is 0.879. The first-order valence-corrected chi connectivity index (χ1v) is 7.05. The summed E-state index contributed by atoms with van der Waals surface area (Å²) in [5.41, 5.74) is 0.890. The van der Waals surface area contributed by atoms with Gasteiger partial charge in [0.05, 0.1) is 0 Å². The van der Waals surface area contributed by atoms with Crippen LogP contribution in [-0.2, 0) is 16.0 Å².